The lowest BCUT2D eigenvalue weighted by atomic mass is 10.2. The van der Waals surface area contributed by atoms with Crippen LogP contribution in [-0.2, 0) is 0 Å². The van der Waals surface area contributed by atoms with E-state index in [-0.39, 0.29) is 0 Å². The van der Waals surface area contributed by atoms with Crippen LogP contribution in [0, 0.1) is 0 Å². The van der Waals surface area contributed by atoms with Crippen LogP contribution < -0.4 is 15.4 Å². The summed E-state index contributed by atoms with van der Waals surface area (Å²) in [6.45, 7) is 2.13. The third-order valence-corrected chi connectivity index (χ3v) is 3.28. The van der Waals surface area contributed by atoms with Crippen LogP contribution in [0.2, 0.25) is 0 Å². The van der Waals surface area contributed by atoms with Crippen LogP contribution in [0.15, 0.2) is 22.7 Å². The molecule has 0 aromatic heterocycles. The predicted octanol–water partition coefficient (Wildman–Crippen LogP) is 2.23. The smallest absolute Gasteiger partial charge is 0.121 e. The second-order valence-corrected chi connectivity index (χ2v) is 4.53. The Hall–Kier alpha value is -0.740. The summed E-state index contributed by atoms with van der Waals surface area (Å²) in [4.78, 5) is 0. The van der Waals surface area contributed by atoms with E-state index in [9.17, 15) is 0 Å². The minimum absolute atomic E-state index is 0.522. The molecular formula is C11H15BrN2O. The molecule has 1 aliphatic rings. The maximum Gasteiger partial charge on any atom is 0.121 e. The van der Waals surface area contributed by atoms with Gasteiger partial charge in [0.25, 0.3) is 0 Å². The van der Waals surface area contributed by atoms with Gasteiger partial charge in [0, 0.05) is 23.1 Å². The molecule has 3 nitrogen and oxygen atoms in total. The Balaban J connectivity index is 2.11. The second-order valence-electron chi connectivity index (χ2n) is 3.68. The van der Waals surface area contributed by atoms with E-state index >= 15 is 0 Å². The Morgan fingerprint density at radius 3 is 3.07 bits per heavy atom. The summed E-state index contributed by atoms with van der Waals surface area (Å²) in [6, 6.07) is 6.49. The van der Waals surface area contributed by atoms with Crippen LogP contribution in [0.25, 0.3) is 0 Å². The van der Waals surface area contributed by atoms with Gasteiger partial charge in [-0.2, -0.15) is 0 Å². The average Bonchev–Trinajstić information content (AvgIpc) is 2.74. The van der Waals surface area contributed by atoms with Crippen molar-refractivity contribution >= 4 is 21.6 Å². The maximum atomic E-state index is 5.20. The normalized spacial score (nSPS) is 20.3. The summed E-state index contributed by atoms with van der Waals surface area (Å²) in [7, 11) is 1.68. The first-order chi connectivity index (χ1) is 7.29. The zero-order chi connectivity index (χ0) is 10.7. The van der Waals surface area contributed by atoms with Crippen molar-refractivity contribution in [3.8, 4) is 5.75 Å². The van der Waals surface area contributed by atoms with Crippen LogP contribution in [-0.4, -0.2) is 26.2 Å². The van der Waals surface area contributed by atoms with Crippen molar-refractivity contribution in [2.24, 2.45) is 0 Å². The zero-order valence-electron chi connectivity index (χ0n) is 8.72. The molecule has 0 radical (unpaired) electrons. The van der Waals surface area contributed by atoms with E-state index in [2.05, 4.69) is 26.6 Å². The number of halogens is 1. The number of hydrogen-bond acceptors (Lipinski definition) is 3. The fraction of sp³-hybridized carbons (Fsp3) is 0.455. The number of anilines is 1. The van der Waals surface area contributed by atoms with E-state index in [0.717, 1.165) is 29.0 Å². The van der Waals surface area contributed by atoms with Crippen molar-refractivity contribution in [2.45, 2.75) is 12.5 Å². The van der Waals surface area contributed by atoms with E-state index in [1.165, 1.54) is 6.42 Å². The van der Waals surface area contributed by atoms with Gasteiger partial charge < -0.3 is 15.4 Å². The number of rotatable bonds is 3. The minimum atomic E-state index is 0.522. The van der Waals surface area contributed by atoms with Crippen LogP contribution in [0.3, 0.4) is 0 Å². The molecule has 82 valence electrons. The van der Waals surface area contributed by atoms with Gasteiger partial charge in [0.05, 0.1) is 12.8 Å². The Labute approximate surface area is 98.3 Å². The minimum Gasteiger partial charge on any atom is -0.497 e. The Kier molecular flexibility index (Phi) is 3.49. The molecule has 1 aromatic rings. The molecule has 1 heterocycles. The van der Waals surface area contributed by atoms with Gasteiger partial charge in [0.2, 0.25) is 0 Å². The number of ether oxygens (including phenoxy) is 1. The van der Waals surface area contributed by atoms with E-state index in [0.29, 0.717) is 6.04 Å². The first-order valence-electron chi connectivity index (χ1n) is 5.10. The van der Waals surface area contributed by atoms with Gasteiger partial charge in [-0.05, 0) is 41.0 Å². The van der Waals surface area contributed by atoms with Crippen molar-refractivity contribution in [2.75, 3.05) is 25.5 Å². The molecule has 2 rings (SSSR count). The zero-order valence-corrected chi connectivity index (χ0v) is 10.3. The van der Waals surface area contributed by atoms with Crippen molar-refractivity contribution in [1.82, 2.24) is 5.32 Å². The molecule has 1 atom stereocenters. The number of methoxy groups -OCH3 is 1. The van der Waals surface area contributed by atoms with E-state index < -0.39 is 0 Å². The molecule has 4 heteroatoms. The van der Waals surface area contributed by atoms with E-state index in [4.69, 9.17) is 4.74 Å². The van der Waals surface area contributed by atoms with Gasteiger partial charge in [0.1, 0.15) is 5.75 Å². The highest BCUT2D eigenvalue weighted by Crippen LogP contribution is 2.28. The predicted molar refractivity (Wildman–Crippen MR) is 65.6 cm³/mol. The van der Waals surface area contributed by atoms with Gasteiger partial charge in [-0.1, -0.05) is 0 Å². The van der Waals surface area contributed by atoms with Gasteiger partial charge in [-0.25, -0.2) is 0 Å². The van der Waals surface area contributed by atoms with Crippen LogP contribution >= 0.6 is 15.9 Å². The summed E-state index contributed by atoms with van der Waals surface area (Å²) in [6.07, 6.45) is 1.17. The average molecular weight is 271 g/mol. The highest BCUT2D eigenvalue weighted by atomic mass is 79.9. The van der Waals surface area contributed by atoms with Crippen LogP contribution in [0.5, 0.6) is 5.75 Å². The number of benzene rings is 1. The van der Waals surface area contributed by atoms with Crippen molar-refractivity contribution in [3.05, 3.63) is 22.7 Å². The van der Waals surface area contributed by atoms with Crippen molar-refractivity contribution in [1.29, 1.82) is 0 Å². The molecule has 0 aliphatic carbocycles. The lowest BCUT2D eigenvalue weighted by Crippen LogP contribution is -2.22. The van der Waals surface area contributed by atoms with E-state index in [1.54, 1.807) is 7.11 Å². The molecule has 1 aromatic carbocycles. The molecule has 0 saturated carbocycles. The fourth-order valence-corrected chi connectivity index (χ4v) is 2.10. The van der Waals surface area contributed by atoms with Gasteiger partial charge >= 0.3 is 0 Å². The molecule has 2 N–H and O–H groups in total. The lowest BCUT2D eigenvalue weighted by Gasteiger charge is -2.15. The monoisotopic (exact) mass is 270 g/mol. The highest BCUT2D eigenvalue weighted by molar-refractivity contribution is 9.10. The summed E-state index contributed by atoms with van der Waals surface area (Å²) in [5.41, 5.74) is 1.10. The quantitative estimate of drug-likeness (QED) is 0.884. The Morgan fingerprint density at radius 2 is 2.40 bits per heavy atom. The summed E-state index contributed by atoms with van der Waals surface area (Å²) >= 11 is 3.53. The molecule has 15 heavy (non-hydrogen) atoms. The first-order valence-corrected chi connectivity index (χ1v) is 5.89. The molecule has 0 amide bonds. The topological polar surface area (TPSA) is 33.3 Å². The third-order valence-electron chi connectivity index (χ3n) is 2.59. The molecule has 0 spiro atoms. The number of nitrogens with one attached hydrogen (secondary N) is 2. The van der Waals surface area contributed by atoms with Crippen LogP contribution in [0.4, 0.5) is 5.69 Å². The summed E-state index contributed by atoms with van der Waals surface area (Å²) < 4.78 is 6.28. The SMILES string of the molecule is COc1ccc(Br)c(NC2CCNC2)c1. The van der Waals surface area contributed by atoms with Gasteiger partial charge in [0.15, 0.2) is 0 Å². The Bertz CT molecular complexity index is 337. The van der Waals surface area contributed by atoms with Crippen molar-refractivity contribution in [3.63, 3.8) is 0 Å². The highest BCUT2D eigenvalue weighted by Gasteiger charge is 2.15. The summed E-state index contributed by atoms with van der Waals surface area (Å²) in [5.74, 6) is 0.881. The summed E-state index contributed by atoms with van der Waals surface area (Å²) in [5, 5.41) is 6.83. The van der Waals surface area contributed by atoms with Gasteiger partial charge in [-0.3, -0.25) is 0 Å². The number of hydrogen-bond donors (Lipinski definition) is 2. The molecule has 0 bridgehead atoms. The maximum absolute atomic E-state index is 5.20. The fourth-order valence-electron chi connectivity index (χ4n) is 1.74. The molecule has 1 saturated heterocycles. The largest absolute Gasteiger partial charge is 0.497 e. The second kappa shape index (κ2) is 4.86. The van der Waals surface area contributed by atoms with Crippen LogP contribution in [0.1, 0.15) is 6.42 Å². The standard InChI is InChI=1S/C11H15BrN2O/c1-15-9-2-3-10(12)11(6-9)14-8-4-5-13-7-8/h2-3,6,8,13-14H,4-5,7H2,1H3. The first kappa shape index (κ1) is 10.8. The molecular weight excluding hydrogens is 256 g/mol. The molecule has 1 aliphatic heterocycles. The lowest BCUT2D eigenvalue weighted by molar-refractivity contribution is 0.415. The van der Waals surface area contributed by atoms with Crippen molar-refractivity contribution < 1.29 is 4.74 Å². The third kappa shape index (κ3) is 2.63. The Morgan fingerprint density at radius 1 is 1.53 bits per heavy atom. The molecule has 1 fully saturated rings. The molecule has 1 unspecified atom stereocenters. The van der Waals surface area contributed by atoms with Gasteiger partial charge in [-0.15, -0.1) is 0 Å². The van der Waals surface area contributed by atoms with E-state index in [1.807, 2.05) is 18.2 Å².